The Morgan fingerprint density at radius 1 is 1.04 bits per heavy atom. The van der Waals surface area contributed by atoms with Crippen LogP contribution in [-0.4, -0.2) is 30.7 Å². The first-order valence-electron chi connectivity index (χ1n) is 8.05. The molecule has 2 aromatic heterocycles. The molecule has 0 unspecified atom stereocenters. The molecule has 0 bridgehead atoms. The van der Waals surface area contributed by atoms with Crippen LogP contribution in [0, 0.1) is 0 Å². The number of anilines is 2. The van der Waals surface area contributed by atoms with Gasteiger partial charge in [0.25, 0.3) is 0 Å². The SMILES string of the molecule is O=C(c1ccccc1)[C@H](Sc1nnc(Nc2ccccc2)s1)n1cncn1. The van der Waals surface area contributed by atoms with Gasteiger partial charge in [0, 0.05) is 11.3 Å². The van der Waals surface area contributed by atoms with Crippen molar-refractivity contribution < 1.29 is 4.79 Å². The second-order valence-electron chi connectivity index (χ2n) is 5.44. The second kappa shape index (κ2) is 8.11. The molecule has 1 atom stereocenters. The molecule has 0 radical (unpaired) electrons. The topological polar surface area (TPSA) is 85.6 Å². The molecule has 0 saturated carbocycles. The first-order chi connectivity index (χ1) is 13.3. The molecule has 0 aliphatic carbocycles. The number of rotatable bonds is 7. The van der Waals surface area contributed by atoms with Gasteiger partial charge in [-0.15, -0.1) is 10.2 Å². The van der Waals surface area contributed by atoms with Crippen molar-refractivity contribution in [2.24, 2.45) is 0 Å². The van der Waals surface area contributed by atoms with E-state index in [4.69, 9.17) is 0 Å². The molecule has 0 spiro atoms. The largest absolute Gasteiger partial charge is 0.330 e. The molecule has 134 valence electrons. The van der Waals surface area contributed by atoms with Gasteiger partial charge in [0.1, 0.15) is 12.7 Å². The first kappa shape index (κ1) is 17.4. The highest BCUT2D eigenvalue weighted by molar-refractivity contribution is 8.01. The van der Waals surface area contributed by atoms with E-state index in [1.807, 2.05) is 48.5 Å². The van der Waals surface area contributed by atoms with Crippen LogP contribution < -0.4 is 5.32 Å². The van der Waals surface area contributed by atoms with Gasteiger partial charge in [-0.1, -0.05) is 71.6 Å². The van der Waals surface area contributed by atoms with Gasteiger partial charge in [0.05, 0.1) is 0 Å². The monoisotopic (exact) mass is 394 g/mol. The van der Waals surface area contributed by atoms with Crippen molar-refractivity contribution in [1.82, 2.24) is 25.0 Å². The van der Waals surface area contributed by atoms with E-state index in [-0.39, 0.29) is 5.78 Å². The minimum Gasteiger partial charge on any atom is -0.330 e. The Morgan fingerprint density at radius 3 is 2.48 bits per heavy atom. The lowest BCUT2D eigenvalue weighted by Crippen LogP contribution is -2.17. The van der Waals surface area contributed by atoms with Crippen molar-refractivity contribution in [3.05, 3.63) is 78.9 Å². The predicted molar refractivity (Wildman–Crippen MR) is 105 cm³/mol. The lowest BCUT2D eigenvalue weighted by atomic mass is 10.1. The zero-order valence-corrected chi connectivity index (χ0v) is 15.6. The summed E-state index contributed by atoms with van der Waals surface area (Å²) in [6, 6.07) is 18.9. The van der Waals surface area contributed by atoms with Crippen molar-refractivity contribution in [2.75, 3.05) is 5.32 Å². The van der Waals surface area contributed by atoms with Gasteiger partial charge in [0.2, 0.25) is 5.13 Å². The summed E-state index contributed by atoms with van der Waals surface area (Å²) in [6.45, 7) is 0. The Hall–Kier alpha value is -3.04. The van der Waals surface area contributed by atoms with Gasteiger partial charge in [-0.25, -0.2) is 9.67 Å². The summed E-state index contributed by atoms with van der Waals surface area (Å²) < 4.78 is 2.20. The van der Waals surface area contributed by atoms with E-state index in [9.17, 15) is 4.79 Å². The number of ketones is 1. The fourth-order valence-corrected chi connectivity index (χ4v) is 4.30. The van der Waals surface area contributed by atoms with Gasteiger partial charge in [0.15, 0.2) is 15.5 Å². The molecular formula is C18H14N6OS2. The lowest BCUT2D eigenvalue weighted by Gasteiger charge is -2.13. The third kappa shape index (κ3) is 4.21. The maximum atomic E-state index is 13.0. The van der Waals surface area contributed by atoms with Gasteiger partial charge in [-0.05, 0) is 12.1 Å². The summed E-state index contributed by atoms with van der Waals surface area (Å²) in [7, 11) is 0. The average Bonchev–Trinajstić information content (AvgIpc) is 3.39. The minimum atomic E-state index is -0.604. The van der Waals surface area contributed by atoms with Crippen molar-refractivity contribution in [3.8, 4) is 0 Å². The van der Waals surface area contributed by atoms with E-state index < -0.39 is 5.37 Å². The third-order valence-electron chi connectivity index (χ3n) is 3.60. The smallest absolute Gasteiger partial charge is 0.210 e. The van der Waals surface area contributed by atoms with E-state index in [0.717, 1.165) is 5.69 Å². The molecule has 0 saturated heterocycles. The van der Waals surface area contributed by atoms with E-state index in [2.05, 4.69) is 25.6 Å². The summed E-state index contributed by atoms with van der Waals surface area (Å²) in [5, 5.41) is 15.8. The molecule has 4 aromatic rings. The Kier molecular flexibility index (Phi) is 5.22. The van der Waals surface area contributed by atoms with Crippen LogP contribution in [0.3, 0.4) is 0 Å². The summed E-state index contributed by atoms with van der Waals surface area (Å²) in [6.07, 6.45) is 2.94. The number of para-hydroxylation sites is 1. The molecule has 2 aromatic carbocycles. The average molecular weight is 394 g/mol. The third-order valence-corrected chi connectivity index (χ3v) is 5.71. The number of carbonyl (C=O) groups is 1. The van der Waals surface area contributed by atoms with Crippen molar-refractivity contribution >= 4 is 39.7 Å². The molecule has 4 rings (SSSR count). The number of nitrogens with one attached hydrogen (secondary N) is 1. The van der Waals surface area contributed by atoms with E-state index in [1.54, 1.807) is 12.1 Å². The van der Waals surface area contributed by atoms with Crippen LogP contribution in [0.5, 0.6) is 0 Å². The number of carbonyl (C=O) groups excluding carboxylic acids is 1. The number of thioether (sulfide) groups is 1. The molecule has 7 nitrogen and oxygen atoms in total. The number of hydrogen-bond acceptors (Lipinski definition) is 8. The van der Waals surface area contributed by atoms with Crippen LogP contribution >= 0.6 is 23.1 Å². The van der Waals surface area contributed by atoms with Crippen LogP contribution in [-0.2, 0) is 0 Å². The van der Waals surface area contributed by atoms with Gasteiger partial charge < -0.3 is 5.32 Å². The van der Waals surface area contributed by atoms with Gasteiger partial charge in [-0.2, -0.15) is 5.10 Å². The zero-order valence-electron chi connectivity index (χ0n) is 14.0. The lowest BCUT2D eigenvalue weighted by molar-refractivity contribution is 0.0962. The molecular weight excluding hydrogens is 380 g/mol. The van der Waals surface area contributed by atoms with Crippen molar-refractivity contribution in [2.45, 2.75) is 9.71 Å². The summed E-state index contributed by atoms with van der Waals surface area (Å²) in [5.41, 5.74) is 1.54. The fourth-order valence-electron chi connectivity index (χ4n) is 2.36. The van der Waals surface area contributed by atoms with Gasteiger partial charge in [-0.3, -0.25) is 4.79 Å². The van der Waals surface area contributed by atoms with Crippen molar-refractivity contribution in [3.63, 3.8) is 0 Å². The zero-order chi connectivity index (χ0) is 18.5. The molecule has 27 heavy (non-hydrogen) atoms. The maximum Gasteiger partial charge on any atom is 0.210 e. The normalized spacial score (nSPS) is 11.9. The molecule has 2 heterocycles. The van der Waals surface area contributed by atoms with Crippen LogP contribution in [0.25, 0.3) is 0 Å². The summed E-state index contributed by atoms with van der Waals surface area (Å²) in [5.74, 6) is -0.0705. The Labute approximate surface area is 163 Å². The van der Waals surface area contributed by atoms with Crippen LogP contribution in [0.2, 0.25) is 0 Å². The maximum absolute atomic E-state index is 13.0. The highest BCUT2D eigenvalue weighted by Gasteiger charge is 2.25. The summed E-state index contributed by atoms with van der Waals surface area (Å²) >= 11 is 2.68. The minimum absolute atomic E-state index is 0.0705. The summed E-state index contributed by atoms with van der Waals surface area (Å²) in [4.78, 5) is 16.9. The number of Topliss-reactive ketones (excluding diaryl/α,β-unsaturated/α-hetero) is 1. The molecule has 1 N–H and O–H groups in total. The molecule has 0 fully saturated rings. The molecule has 0 amide bonds. The Morgan fingerprint density at radius 2 is 1.78 bits per heavy atom. The number of nitrogens with zero attached hydrogens (tertiary/aromatic N) is 5. The molecule has 0 aliphatic heterocycles. The number of hydrogen-bond donors (Lipinski definition) is 1. The van der Waals surface area contributed by atoms with E-state index >= 15 is 0 Å². The van der Waals surface area contributed by atoms with Crippen LogP contribution in [0.4, 0.5) is 10.8 Å². The van der Waals surface area contributed by atoms with Crippen molar-refractivity contribution in [1.29, 1.82) is 0 Å². The van der Waals surface area contributed by atoms with E-state index in [0.29, 0.717) is 15.0 Å². The Bertz CT molecular complexity index is 1000. The highest BCUT2D eigenvalue weighted by atomic mass is 32.2. The second-order valence-corrected chi connectivity index (χ2v) is 7.74. The number of aromatic nitrogens is 5. The molecule has 0 aliphatic rings. The fraction of sp³-hybridized carbons (Fsp3) is 0.0556. The van der Waals surface area contributed by atoms with Gasteiger partial charge >= 0.3 is 0 Å². The van der Waals surface area contributed by atoms with Crippen LogP contribution in [0.15, 0.2) is 77.7 Å². The standard InChI is InChI=1S/C18H14N6OS2/c25-15(13-7-3-1-4-8-13)16(24-12-19-11-20-24)26-18-23-22-17(27-18)21-14-9-5-2-6-10-14/h1-12,16H,(H,21,22)/t16-/m0/s1. The van der Waals surface area contributed by atoms with Crippen LogP contribution in [0.1, 0.15) is 15.7 Å². The Balaban J connectivity index is 1.55. The molecule has 9 heteroatoms. The first-order valence-corrected chi connectivity index (χ1v) is 9.75. The quantitative estimate of drug-likeness (QED) is 0.374. The highest BCUT2D eigenvalue weighted by Crippen LogP contribution is 2.36. The predicted octanol–water partition coefficient (Wildman–Crippen LogP) is 4.05. The van der Waals surface area contributed by atoms with E-state index in [1.165, 1.54) is 40.4 Å². The number of benzene rings is 2.